The average molecular weight is 274 g/mol. The van der Waals surface area contributed by atoms with Crippen LogP contribution in [0.2, 0.25) is 0 Å². The van der Waals surface area contributed by atoms with Crippen LogP contribution in [-0.4, -0.2) is 18.3 Å². The Morgan fingerprint density at radius 3 is 2.26 bits per heavy atom. The highest BCUT2D eigenvalue weighted by molar-refractivity contribution is 6.16. The fourth-order valence-electron chi connectivity index (χ4n) is 1.79. The molecule has 1 N–H and O–H groups in total. The van der Waals surface area contributed by atoms with Gasteiger partial charge in [-0.2, -0.15) is 0 Å². The zero-order valence-corrected chi connectivity index (χ0v) is 11.5. The van der Waals surface area contributed by atoms with Crippen LogP contribution in [0.15, 0.2) is 18.2 Å². The van der Waals surface area contributed by atoms with Gasteiger partial charge in [0.2, 0.25) is 0 Å². The first-order chi connectivity index (χ1) is 8.63. The van der Waals surface area contributed by atoms with Gasteiger partial charge in [-0.1, -0.05) is 19.9 Å². The zero-order valence-electron chi connectivity index (χ0n) is 11.5. The fraction of sp³-hybridized carbons (Fsp3) is 0.538. The Kier molecular flexibility index (Phi) is 4.69. The predicted molar refractivity (Wildman–Crippen MR) is 68.9 cm³/mol. The summed E-state index contributed by atoms with van der Waals surface area (Å²) in [4.78, 5) is 0. The fourth-order valence-corrected chi connectivity index (χ4v) is 1.79. The molecule has 1 rings (SSSR count). The van der Waals surface area contributed by atoms with Crippen molar-refractivity contribution in [3.63, 3.8) is 0 Å². The maximum absolute atomic E-state index is 13.3. The molecule has 6 heteroatoms. The summed E-state index contributed by atoms with van der Waals surface area (Å²) in [6, 6.07) is 3.65. The second-order valence-corrected chi connectivity index (χ2v) is 5.45. The lowest BCUT2D eigenvalue weighted by Gasteiger charge is -2.42. The summed E-state index contributed by atoms with van der Waals surface area (Å²) >= 11 is 0. The summed E-state index contributed by atoms with van der Waals surface area (Å²) in [6.07, 6.45) is -2.86. The van der Waals surface area contributed by atoms with Gasteiger partial charge in [0, 0.05) is 5.41 Å². The zero-order chi connectivity index (χ0) is 14.8. The van der Waals surface area contributed by atoms with Gasteiger partial charge in [0.25, 0.3) is 6.43 Å². The molecule has 0 atom stereocenters. The number of hydrogen-bond donors (Lipinski definition) is 1. The molecule has 0 aliphatic heterocycles. The van der Waals surface area contributed by atoms with E-state index >= 15 is 0 Å². The molecule has 19 heavy (non-hydrogen) atoms. The summed E-state index contributed by atoms with van der Waals surface area (Å²) in [5, 5.41) is 8.90. The van der Waals surface area contributed by atoms with Gasteiger partial charge in [0.1, 0.15) is 5.82 Å². The lowest BCUT2D eigenvalue weighted by molar-refractivity contribution is 0.0254. The Balaban J connectivity index is 3.25. The Hall–Kier alpha value is -1.01. The van der Waals surface area contributed by atoms with Crippen LogP contribution in [0.5, 0.6) is 0 Å². The molecule has 2 nitrogen and oxygen atoms in total. The molecule has 106 valence electrons. The number of halogens is 3. The number of hydrogen-bond acceptors (Lipinski definition) is 2. The first-order valence-electron chi connectivity index (χ1n) is 5.96. The minimum atomic E-state index is -2.86. The molecule has 0 unspecified atom stereocenters. The monoisotopic (exact) mass is 274 g/mol. The molecule has 0 aromatic heterocycles. The topological polar surface area (TPSA) is 29.5 Å². The highest BCUT2D eigenvalue weighted by atomic mass is 19.3. The molecule has 0 saturated carbocycles. The van der Waals surface area contributed by atoms with Crippen LogP contribution in [0.25, 0.3) is 0 Å². The number of rotatable bonds is 5. The van der Waals surface area contributed by atoms with E-state index in [2.05, 4.69) is 0 Å². The molecule has 0 amide bonds. The van der Waals surface area contributed by atoms with Gasteiger partial charge in [0.05, 0.1) is 11.2 Å². The van der Waals surface area contributed by atoms with Gasteiger partial charge < -0.3 is 9.68 Å². The molecule has 0 heterocycles. The maximum atomic E-state index is 13.3. The standard InChI is InChI=1S/C13H18BF3O2/c1-12(2,13(3,4)19-14-18)8-5-6-10(15)9(7-8)11(16)17/h5-7,11,14,18H,1-4H3. The molecule has 0 spiro atoms. The molecule has 1 aromatic rings. The summed E-state index contributed by atoms with van der Waals surface area (Å²) in [7, 11) is -0.473. The lowest BCUT2D eigenvalue weighted by Crippen LogP contribution is -2.46. The Bertz CT molecular complexity index is 448. The molecular formula is C13H18BF3O2. The van der Waals surface area contributed by atoms with Gasteiger partial charge in [-0.05, 0) is 31.5 Å². The van der Waals surface area contributed by atoms with Crippen LogP contribution in [0.3, 0.4) is 0 Å². The molecule has 0 saturated heterocycles. The number of benzene rings is 1. The van der Waals surface area contributed by atoms with Gasteiger partial charge in [-0.15, -0.1) is 0 Å². The van der Waals surface area contributed by atoms with Crippen LogP contribution in [-0.2, 0) is 10.1 Å². The van der Waals surface area contributed by atoms with Crippen LogP contribution < -0.4 is 0 Å². The van der Waals surface area contributed by atoms with Crippen molar-refractivity contribution in [2.75, 3.05) is 0 Å². The average Bonchev–Trinajstić information content (AvgIpc) is 2.28. The molecule has 1 aromatic carbocycles. The van der Waals surface area contributed by atoms with Crippen molar-refractivity contribution in [2.45, 2.75) is 45.1 Å². The normalized spacial score (nSPS) is 12.9. The van der Waals surface area contributed by atoms with Crippen LogP contribution in [0, 0.1) is 5.82 Å². The van der Waals surface area contributed by atoms with Gasteiger partial charge >= 0.3 is 7.69 Å². The third kappa shape index (κ3) is 3.12. The molecular weight excluding hydrogens is 256 g/mol. The Labute approximate surface area is 111 Å². The second-order valence-electron chi connectivity index (χ2n) is 5.45. The van der Waals surface area contributed by atoms with E-state index in [1.165, 1.54) is 6.07 Å². The first-order valence-corrected chi connectivity index (χ1v) is 5.96. The van der Waals surface area contributed by atoms with E-state index < -0.39 is 36.5 Å². The summed E-state index contributed by atoms with van der Waals surface area (Å²) in [5.41, 5.74) is -1.56. The van der Waals surface area contributed by atoms with Crippen molar-refractivity contribution in [1.82, 2.24) is 0 Å². The van der Waals surface area contributed by atoms with E-state index in [-0.39, 0.29) is 0 Å². The summed E-state index contributed by atoms with van der Waals surface area (Å²) in [5.74, 6) is -0.921. The Morgan fingerprint density at radius 1 is 1.21 bits per heavy atom. The first kappa shape index (κ1) is 16.1. The van der Waals surface area contributed by atoms with Crippen molar-refractivity contribution >= 4 is 7.69 Å². The van der Waals surface area contributed by atoms with Crippen molar-refractivity contribution in [3.05, 3.63) is 35.1 Å². The lowest BCUT2D eigenvalue weighted by atomic mass is 9.71. The molecule has 0 radical (unpaired) electrons. The van der Waals surface area contributed by atoms with Crippen LogP contribution in [0.1, 0.15) is 45.2 Å². The largest absolute Gasteiger partial charge is 0.435 e. The van der Waals surface area contributed by atoms with Crippen molar-refractivity contribution in [3.8, 4) is 0 Å². The smallest absolute Gasteiger partial charge is 0.430 e. The van der Waals surface area contributed by atoms with Gasteiger partial charge in [-0.25, -0.2) is 13.2 Å². The summed E-state index contributed by atoms with van der Waals surface area (Å²) in [6.45, 7) is 7.08. The van der Waals surface area contributed by atoms with E-state index in [0.717, 1.165) is 12.1 Å². The predicted octanol–water partition coefficient (Wildman–Crippen LogP) is 3.09. The van der Waals surface area contributed by atoms with Gasteiger partial charge in [0.15, 0.2) is 0 Å². The van der Waals surface area contributed by atoms with Gasteiger partial charge in [-0.3, -0.25) is 0 Å². The Morgan fingerprint density at radius 2 is 1.79 bits per heavy atom. The van der Waals surface area contributed by atoms with E-state index in [1.807, 2.05) is 0 Å². The quantitative estimate of drug-likeness (QED) is 0.836. The highest BCUT2D eigenvalue weighted by Crippen LogP contribution is 2.38. The van der Waals surface area contributed by atoms with E-state index in [0.29, 0.717) is 5.56 Å². The van der Waals surface area contributed by atoms with Crippen molar-refractivity contribution in [1.29, 1.82) is 0 Å². The van der Waals surface area contributed by atoms with E-state index in [4.69, 9.17) is 9.68 Å². The van der Waals surface area contributed by atoms with Crippen LogP contribution >= 0.6 is 0 Å². The summed E-state index contributed by atoms with van der Waals surface area (Å²) < 4.78 is 44.0. The SMILES string of the molecule is CC(C)(OBO)C(C)(C)c1ccc(F)c(C(F)F)c1. The van der Waals surface area contributed by atoms with Crippen molar-refractivity contribution < 1.29 is 22.8 Å². The molecule has 0 aliphatic carbocycles. The second kappa shape index (κ2) is 5.55. The third-order valence-electron chi connectivity index (χ3n) is 3.88. The van der Waals surface area contributed by atoms with Crippen molar-refractivity contribution in [2.24, 2.45) is 0 Å². The number of alkyl halides is 2. The minimum Gasteiger partial charge on any atom is -0.430 e. The molecule has 0 fully saturated rings. The molecule has 0 aliphatic rings. The maximum Gasteiger partial charge on any atom is 0.435 e. The minimum absolute atomic E-state index is 0.473. The highest BCUT2D eigenvalue weighted by Gasteiger charge is 2.39. The van der Waals surface area contributed by atoms with Crippen LogP contribution in [0.4, 0.5) is 13.2 Å². The third-order valence-corrected chi connectivity index (χ3v) is 3.88. The van der Waals surface area contributed by atoms with E-state index in [1.54, 1.807) is 27.7 Å². The van der Waals surface area contributed by atoms with E-state index in [9.17, 15) is 13.2 Å². The molecule has 0 bridgehead atoms.